The van der Waals surface area contributed by atoms with Gasteiger partial charge >= 0.3 is 0 Å². The Morgan fingerprint density at radius 3 is 3.00 bits per heavy atom. The highest BCUT2D eigenvalue weighted by atomic mass is 15.2. The molecule has 0 amide bonds. The van der Waals surface area contributed by atoms with Crippen LogP contribution in [0.1, 0.15) is 24.9 Å². The Kier molecular flexibility index (Phi) is 3.53. The summed E-state index contributed by atoms with van der Waals surface area (Å²) < 4.78 is 1.79. The van der Waals surface area contributed by atoms with Crippen molar-refractivity contribution in [2.24, 2.45) is 7.05 Å². The number of aryl methyl sites for hydroxylation is 1. The monoisotopic (exact) mass is 177 g/mol. The van der Waals surface area contributed by atoms with E-state index in [0.717, 1.165) is 12.1 Å². The zero-order chi connectivity index (χ0) is 9.68. The van der Waals surface area contributed by atoms with Gasteiger partial charge < -0.3 is 5.32 Å². The van der Waals surface area contributed by atoms with Crippen LogP contribution in [-0.2, 0) is 7.05 Å². The van der Waals surface area contributed by atoms with Gasteiger partial charge in [0.25, 0.3) is 0 Å². The molecule has 1 aromatic heterocycles. The van der Waals surface area contributed by atoms with Crippen LogP contribution in [0.4, 0.5) is 0 Å². The van der Waals surface area contributed by atoms with Crippen LogP contribution in [0, 0.1) is 12.3 Å². The maximum Gasteiger partial charge on any atom is 0.0537 e. The molecule has 0 aromatic carbocycles. The highest BCUT2D eigenvalue weighted by Crippen LogP contribution is 2.14. The van der Waals surface area contributed by atoms with Crippen molar-refractivity contribution in [1.29, 1.82) is 0 Å². The van der Waals surface area contributed by atoms with Crippen LogP contribution < -0.4 is 5.32 Å². The Morgan fingerprint density at radius 2 is 2.54 bits per heavy atom. The summed E-state index contributed by atoms with van der Waals surface area (Å²) in [5, 5.41) is 7.43. The molecule has 0 radical (unpaired) electrons. The van der Waals surface area contributed by atoms with Crippen molar-refractivity contribution in [2.75, 3.05) is 6.54 Å². The van der Waals surface area contributed by atoms with Crippen molar-refractivity contribution in [1.82, 2.24) is 15.1 Å². The topological polar surface area (TPSA) is 29.9 Å². The summed E-state index contributed by atoms with van der Waals surface area (Å²) in [6.45, 7) is 2.99. The van der Waals surface area contributed by atoms with Crippen molar-refractivity contribution >= 4 is 0 Å². The van der Waals surface area contributed by atoms with Crippen LogP contribution in [0.2, 0.25) is 0 Å². The molecule has 1 rings (SSSR count). The highest BCUT2D eigenvalue weighted by Gasteiger charge is 2.09. The van der Waals surface area contributed by atoms with E-state index in [1.54, 1.807) is 4.68 Å². The van der Waals surface area contributed by atoms with Gasteiger partial charge in [-0.05, 0) is 6.54 Å². The normalized spacial score (nSPS) is 12.4. The molecule has 0 aliphatic carbocycles. The summed E-state index contributed by atoms with van der Waals surface area (Å²) >= 11 is 0. The van der Waals surface area contributed by atoms with Gasteiger partial charge in [0.05, 0.1) is 6.20 Å². The Bertz CT molecular complexity index is 295. The molecule has 1 aromatic rings. The smallest absolute Gasteiger partial charge is 0.0537 e. The number of hydrogen-bond donors (Lipinski definition) is 1. The van der Waals surface area contributed by atoms with Gasteiger partial charge in [0.1, 0.15) is 0 Å². The highest BCUT2D eigenvalue weighted by molar-refractivity contribution is 5.12. The van der Waals surface area contributed by atoms with E-state index < -0.39 is 0 Å². The van der Waals surface area contributed by atoms with Crippen LogP contribution in [0.3, 0.4) is 0 Å². The molecule has 0 aliphatic heterocycles. The molecular weight excluding hydrogens is 162 g/mol. The van der Waals surface area contributed by atoms with E-state index in [4.69, 9.17) is 6.42 Å². The van der Waals surface area contributed by atoms with E-state index in [1.165, 1.54) is 0 Å². The molecule has 1 unspecified atom stereocenters. The fourth-order valence-electron chi connectivity index (χ4n) is 1.29. The zero-order valence-corrected chi connectivity index (χ0v) is 8.12. The minimum Gasteiger partial charge on any atom is -0.309 e. The quantitative estimate of drug-likeness (QED) is 0.698. The number of nitrogens with one attached hydrogen (secondary N) is 1. The van der Waals surface area contributed by atoms with E-state index in [9.17, 15) is 0 Å². The van der Waals surface area contributed by atoms with Gasteiger partial charge in [0, 0.05) is 31.3 Å². The van der Waals surface area contributed by atoms with E-state index in [-0.39, 0.29) is 6.04 Å². The third-order valence-electron chi connectivity index (χ3n) is 1.90. The summed E-state index contributed by atoms with van der Waals surface area (Å²) in [6, 6.07) is 0.240. The Hall–Kier alpha value is -1.27. The van der Waals surface area contributed by atoms with Gasteiger partial charge in [-0.1, -0.05) is 6.92 Å². The largest absolute Gasteiger partial charge is 0.309 e. The molecule has 70 valence electrons. The Balaban J connectivity index is 2.70. The van der Waals surface area contributed by atoms with Crippen LogP contribution in [0.25, 0.3) is 0 Å². The number of terminal acetylenes is 1. The molecule has 0 bridgehead atoms. The molecule has 3 nitrogen and oxygen atoms in total. The van der Waals surface area contributed by atoms with Gasteiger partial charge in [0.15, 0.2) is 0 Å². The van der Waals surface area contributed by atoms with Gasteiger partial charge in [-0.15, -0.1) is 12.3 Å². The minimum absolute atomic E-state index is 0.240. The minimum atomic E-state index is 0.240. The van der Waals surface area contributed by atoms with E-state index in [2.05, 4.69) is 23.3 Å². The lowest BCUT2D eigenvalue weighted by Gasteiger charge is -2.12. The Labute approximate surface area is 79.1 Å². The lowest BCUT2D eigenvalue weighted by Crippen LogP contribution is -2.19. The number of rotatable bonds is 4. The summed E-state index contributed by atoms with van der Waals surface area (Å²) in [5.41, 5.74) is 1.15. The number of nitrogens with zero attached hydrogens (tertiary/aromatic N) is 2. The Morgan fingerprint density at radius 1 is 1.77 bits per heavy atom. The molecule has 1 N–H and O–H groups in total. The van der Waals surface area contributed by atoms with Gasteiger partial charge in [-0.2, -0.15) is 5.10 Å². The summed E-state index contributed by atoms with van der Waals surface area (Å²) in [7, 11) is 1.91. The summed E-state index contributed by atoms with van der Waals surface area (Å²) in [5.74, 6) is 2.66. The average molecular weight is 177 g/mol. The van der Waals surface area contributed by atoms with E-state index in [0.29, 0.717) is 6.42 Å². The van der Waals surface area contributed by atoms with Crippen LogP contribution in [0.5, 0.6) is 0 Å². The van der Waals surface area contributed by atoms with Gasteiger partial charge in [-0.25, -0.2) is 0 Å². The first kappa shape index (κ1) is 9.82. The van der Waals surface area contributed by atoms with Crippen LogP contribution in [-0.4, -0.2) is 16.3 Å². The molecule has 0 spiro atoms. The second kappa shape index (κ2) is 4.68. The third kappa shape index (κ3) is 2.60. The second-order valence-corrected chi connectivity index (χ2v) is 2.97. The van der Waals surface area contributed by atoms with Crippen molar-refractivity contribution in [3.63, 3.8) is 0 Å². The maximum absolute atomic E-state index is 5.29. The molecule has 0 fully saturated rings. The average Bonchev–Trinajstić information content (AvgIpc) is 2.51. The maximum atomic E-state index is 5.29. The molecule has 0 saturated heterocycles. The SMILES string of the molecule is C#CCC(NCC)c1cnn(C)c1. The molecule has 1 atom stereocenters. The summed E-state index contributed by atoms with van der Waals surface area (Å²) in [4.78, 5) is 0. The van der Waals surface area contributed by atoms with E-state index >= 15 is 0 Å². The summed E-state index contributed by atoms with van der Waals surface area (Å²) in [6.07, 6.45) is 9.84. The van der Waals surface area contributed by atoms with Crippen molar-refractivity contribution in [2.45, 2.75) is 19.4 Å². The van der Waals surface area contributed by atoms with E-state index in [1.807, 2.05) is 19.4 Å². The standard InChI is InChI=1S/C10H15N3/c1-4-6-10(11-5-2)9-7-12-13(3)8-9/h1,7-8,10-11H,5-6H2,2-3H3. The first-order valence-electron chi connectivity index (χ1n) is 4.43. The predicted molar refractivity (Wildman–Crippen MR) is 53.1 cm³/mol. The van der Waals surface area contributed by atoms with Crippen molar-refractivity contribution in [3.8, 4) is 12.3 Å². The zero-order valence-electron chi connectivity index (χ0n) is 8.12. The molecule has 1 heterocycles. The molecule has 0 saturated carbocycles. The third-order valence-corrected chi connectivity index (χ3v) is 1.90. The second-order valence-electron chi connectivity index (χ2n) is 2.97. The predicted octanol–water partition coefficient (Wildman–Crippen LogP) is 1.09. The molecule has 0 aliphatic rings. The van der Waals surface area contributed by atoms with Crippen molar-refractivity contribution in [3.05, 3.63) is 18.0 Å². The van der Waals surface area contributed by atoms with Crippen LogP contribution >= 0.6 is 0 Å². The fourth-order valence-corrected chi connectivity index (χ4v) is 1.29. The molecule has 13 heavy (non-hydrogen) atoms. The van der Waals surface area contributed by atoms with Gasteiger partial charge in [-0.3, -0.25) is 4.68 Å². The first-order valence-corrected chi connectivity index (χ1v) is 4.43. The van der Waals surface area contributed by atoms with Gasteiger partial charge in [0.2, 0.25) is 0 Å². The van der Waals surface area contributed by atoms with Crippen molar-refractivity contribution < 1.29 is 0 Å². The lowest BCUT2D eigenvalue weighted by molar-refractivity contribution is 0.565. The molecular formula is C10H15N3. The fraction of sp³-hybridized carbons (Fsp3) is 0.500. The number of hydrogen-bond acceptors (Lipinski definition) is 2. The molecule has 3 heteroatoms. The lowest BCUT2D eigenvalue weighted by atomic mass is 10.1. The first-order chi connectivity index (χ1) is 6.27. The van der Waals surface area contributed by atoms with Crippen LogP contribution in [0.15, 0.2) is 12.4 Å². The number of aromatic nitrogens is 2.